The van der Waals surface area contributed by atoms with Crippen LogP contribution in [0.4, 0.5) is 0 Å². The van der Waals surface area contributed by atoms with E-state index in [0.29, 0.717) is 6.04 Å². The molecular weight excluding hydrogens is 110 g/mol. The number of hydrogen-bond donors (Lipinski definition) is 1. The van der Waals surface area contributed by atoms with Crippen LogP contribution in [0.25, 0.3) is 0 Å². The van der Waals surface area contributed by atoms with Crippen LogP contribution < -0.4 is 5.73 Å². The summed E-state index contributed by atoms with van der Waals surface area (Å²) in [6, 6.07) is 0.536. The monoisotopic (exact) mass is 127 g/mol. The molecule has 1 aliphatic rings. The summed E-state index contributed by atoms with van der Waals surface area (Å²) in [5.74, 6) is 1.82. The molecule has 0 aromatic carbocycles. The number of rotatable bonds is 2. The van der Waals surface area contributed by atoms with Gasteiger partial charge in [-0.3, -0.25) is 0 Å². The lowest BCUT2D eigenvalue weighted by Gasteiger charge is -2.33. The molecule has 0 heterocycles. The predicted molar refractivity (Wildman–Crippen MR) is 40.2 cm³/mol. The Kier molecular flexibility index (Phi) is 2.12. The maximum Gasteiger partial charge on any atom is 0.00441 e. The van der Waals surface area contributed by atoms with Crippen LogP contribution in [0.1, 0.15) is 33.1 Å². The van der Waals surface area contributed by atoms with Gasteiger partial charge in [0.2, 0.25) is 0 Å². The van der Waals surface area contributed by atoms with E-state index in [9.17, 15) is 0 Å². The van der Waals surface area contributed by atoms with Crippen molar-refractivity contribution in [2.75, 3.05) is 0 Å². The van der Waals surface area contributed by atoms with Gasteiger partial charge in [-0.2, -0.15) is 0 Å². The van der Waals surface area contributed by atoms with Crippen LogP contribution >= 0.6 is 0 Å². The molecule has 0 radical (unpaired) electrons. The fourth-order valence-electron chi connectivity index (χ4n) is 1.65. The first-order valence-electron chi connectivity index (χ1n) is 3.94. The van der Waals surface area contributed by atoms with Gasteiger partial charge in [0.05, 0.1) is 0 Å². The van der Waals surface area contributed by atoms with Crippen molar-refractivity contribution < 1.29 is 0 Å². The van der Waals surface area contributed by atoms with E-state index in [1.54, 1.807) is 0 Å². The molecule has 0 saturated heterocycles. The van der Waals surface area contributed by atoms with E-state index in [1.807, 2.05) is 0 Å². The molecule has 1 aliphatic carbocycles. The van der Waals surface area contributed by atoms with Crippen molar-refractivity contribution in [3.8, 4) is 0 Å². The van der Waals surface area contributed by atoms with Crippen LogP contribution in [-0.2, 0) is 0 Å². The van der Waals surface area contributed by atoms with Gasteiger partial charge in [0.25, 0.3) is 0 Å². The van der Waals surface area contributed by atoms with E-state index >= 15 is 0 Å². The Balaban J connectivity index is 2.04. The Labute approximate surface area is 57.6 Å². The highest BCUT2D eigenvalue weighted by atomic mass is 14.7. The number of nitrogens with two attached hydrogens (primary N) is 1. The highest BCUT2D eigenvalue weighted by Gasteiger charge is 2.25. The van der Waals surface area contributed by atoms with Crippen LogP contribution in [0.15, 0.2) is 0 Å². The van der Waals surface area contributed by atoms with E-state index in [1.165, 1.54) is 19.3 Å². The maximum atomic E-state index is 5.64. The van der Waals surface area contributed by atoms with Crippen LogP contribution in [-0.4, -0.2) is 6.04 Å². The third-order valence-corrected chi connectivity index (χ3v) is 2.08. The second-order valence-corrected chi connectivity index (χ2v) is 3.73. The topological polar surface area (TPSA) is 26.0 Å². The zero-order chi connectivity index (χ0) is 6.85. The summed E-state index contributed by atoms with van der Waals surface area (Å²) in [7, 11) is 0. The van der Waals surface area contributed by atoms with Crippen molar-refractivity contribution in [3.63, 3.8) is 0 Å². The highest BCUT2D eigenvalue weighted by Crippen LogP contribution is 2.30. The summed E-state index contributed by atoms with van der Waals surface area (Å²) in [4.78, 5) is 0. The van der Waals surface area contributed by atoms with E-state index in [-0.39, 0.29) is 0 Å². The molecule has 0 aromatic rings. The van der Waals surface area contributed by atoms with Gasteiger partial charge in [-0.1, -0.05) is 13.8 Å². The quantitative estimate of drug-likeness (QED) is 0.601. The standard InChI is InChI=1S/C8H17N/c1-6(2)3-7-4-8(9)5-7/h6-8H,3-5,9H2,1-2H3. The molecule has 1 heteroatoms. The van der Waals surface area contributed by atoms with Gasteiger partial charge in [-0.05, 0) is 31.1 Å². The Morgan fingerprint density at radius 3 is 2.33 bits per heavy atom. The predicted octanol–water partition coefficient (Wildman–Crippen LogP) is 1.77. The normalized spacial score (nSPS) is 34.7. The summed E-state index contributed by atoms with van der Waals surface area (Å²) in [5, 5.41) is 0. The Morgan fingerprint density at radius 1 is 1.44 bits per heavy atom. The SMILES string of the molecule is CC(C)CC1CC(N)C1. The molecule has 9 heavy (non-hydrogen) atoms. The lowest BCUT2D eigenvalue weighted by Crippen LogP contribution is -2.36. The van der Waals surface area contributed by atoms with Gasteiger partial charge >= 0.3 is 0 Å². The maximum absolute atomic E-state index is 5.64. The molecular formula is C8H17N. The lowest BCUT2D eigenvalue weighted by molar-refractivity contribution is 0.226. The van der Waals surface area contributed by atoms with E-state index in [4.69, 9.17) is 5.73 Å². The van der Waals surface area contributed by atoms with Crippen LogP contribution in [0, 0.1) is 11.8 Å². The van der Waals surface area contributed by atoms with Crippen molar-refractivity contribution in [1.29, 1.82) is 0 Å². The second kappa shape index (κ2) is 2.70. The van der Waals surface area contributed by atoms with Crippen LogP contribution in [0.3, 0.4) is 0 Å². The Hall–Kier alpha value is -0.0400. The molecule has 2 N–H and O–H groups in total. The summed E-state index contributed by atoms with van der Waals surface area (Å²) in [6.45, 7) is 4.56. The molecule has 1 fully saturated rings. The summed E-state index contributed by atoms with van der Waals surface area (Å²) in [6.07, 6.45) is 3.93. The molecule has 0 atom stereocenters. The Morgan fingerprint density at radius 2 is 2.00 bits per heavy atom. The molecule has 0 aliphatic heterocycles. The summed E-state index contributed by atoms with van der Waals surface area (Å²) < 4.78 is 0. The fraction of sp³-hybridized carbons (Fsp3) is 1.00. The molecule has 0 bridgehead atoms. The second-order valence-electron chi connectivity index (χ2n) is 3.73. The first kappa shape index (κ1) is 7.07. The molecule has 54 valence electrons. The van der Waals surface area contributed by atoms with Gasteiger partial charge in [0.1, 0.15) is 0 Å². The molecule has 0 amide bonds. The average molecular weight is 127 g/mol. The molecule has 1 rings (SSSR count). The minimum atomic E-state index is 0.536. The van der Waals surface area contributed by atoms with E-state index < -0.39 is 0 Å². The highest BCUT2D eigenvalue weighted by molar-refractivity contribution is 4.82. The molecule has 1 nitrogen and oxygen atoms in total. The zero-order valence-electron chi connectivity index (χ0n) is 6.43. The van der Waals surface area contributed by atoms with Gasteiger partial charge in [-0.15, -0.1) is 0 Å². The smallest absolute Gasteiger partial charge is 0.00441 e. The van der Waals surface area contributed by atoms with Crippen LogP contribution in [0.5, 0.6) is 0 Å². The average Bonchev–Trinajstić information content (AvgIpc) is 1.60. The van der Waals surface area contributed by atoms with Crippen molar-refractivity contribution in [2.24, 2.45) is 17.6 Å². The lowest BCUT2D eigenvalue weighted by atomic mass is 9.76. The first-order chi connectivity index (χ1) is 4.18. The third-order valence-electron chi connectivity index (χ3n) is 2.08. The van der Waals surface area contributed by atoms with Crippen molar-refractivity contribution in [2.45, 2.75) is 39.2 Å². The van der Waals surface area contributed by atoms with Crippen molar-refractivity contribution in [1.82, 2.24) is 0 Å². The first-order valence-corrected chi connectivity index (χ1v) is 3.94. The van der Waals surface area contributed by atoms with Crippen molar-refractivity contribution in [3.05, 3.63) is 0 Å². The van der Waals surface area contributed by atoms with Crippen molar-refractivity contribution >= 4 is 0 Å². The van der Waals surface area contributed by atoms with E-state index in [0.717, 1.165) is 11.8 Å². The van der Waals surface area contributed by atoms with E-state index in [2.05, 4.69) is 13.8 Å². The van der Waals surface area contributed by atoms with Gasteiger partial charge in [0.15, 0.2) is 0 Å². The minimum Gasteiger partial charge on any atom is -0.328 e. The minimum absolute atomic E-state index is 0.536. The Bertz CT molecular complexity index is 82.6. The largest absolute Gasteiger partial charge is 0.328 e. The van der Waals surface area contributed by atoms with Gasteiger partial charge in [-0.25, -0.2) is 0 Å². The van der Waals surface area contributed by atoms with Crippen LogP contribution in [0.2, 0.25) is 0 Å². The molecule has 1 saturated carbocycles. The fourth-order valence-corrected chi connectivity index (χ4v) is 1.65. The zero-order valence-corrected chi connectivity index (χ0v) is 6.43. The number of hydrogen-bond acceptors (Lipinski definition) is 1. The van der Waals surface area contributed by atoms with Gasteiger partial charge < -0.3 is 5.73 Å². The third kappa shape index (κ3) is 1.98. The molecule has 0 aromatic heterocycles. The van der Waals surface area contributed by atoms with Gasteiger partial charge in [0, 0.05) is 6.04 Å². The summed E-state index contributed by atoms with van der Waals surface area (Å²) >= 11 is 0. The molecule has 0 unspecified atom stereocenters. The summed E-state index contributed by atoms with van der Waals surface area (Å²) in [5.41, 5.74) is 5.64. The molecule has 0 spiro atoms.